The van der Waals surface area contributed by atoms with E-state index in [1.165, 1.54) is 0 Å². The molecule has 0 saturated heterocycles. The van der Waals surface area contributed by atoms with Crippen molar-refractivity contribution in [2.24, 2.45) is 5.92 Å². The Kier molecular flexibility index (Phi) is 5.67. The van der Waals surface area contributed by atoms with Gasteiger partial charge in [0.05, 0.1) is 5.92 Å². The number of aromatic nitrogens is 1. The van der Waals surface area contributed by atoms with Gasteiger partial charge >= 0.3 is 5.97 Å². The minimum Gasteiger partial charge on any atom is -0.481 e. The van der Waals surface area contributed by atoms with Gasteiger partial charge in [-0.2, -0.15) is 0 Å². The van der Waals surface area contributed by atoms with E-state index in [2.05, 4.69) is 18.8 Å². The van der Waals surface area contributed by atoms with Crippen LogP contribution in [0.5, 0.6) is 0 Å². The van der Waals surface area contributed by atoms with Gasteiger partial charge in [-0.3, -0.25) is 9.78 Å². The molecule has 2 atom stereocenters. The molecule has 1 heterocycles. The van der Waals surface area contributed by atoms with E-state index < -0.39 is 11.9 Å². The minimum atomic E-state index is -0.743. The molecule has 2 unspecified atom stereocenters. The van der Waals surface area contributed by atoms with Gasteiger partial charge in [0.1, 0.15) is 0 Å². The molecule has 0 saturated carbocycles. The summed E-state index contributed by atoms with van der Waals surface area (Å²) >= 11 is 0. The van der Waals surface area contributed by atoms with Gasteiger partial charge < -0.3 is 5.11 Å². The second-order valence-electron chi connectivity index (χ2n) is 4.48. The van der Waals surface area contributed by atoms with E-state index >= 15 is 0 Å². The number of hydrogen-bond donors (Lipinski definition) is 1. The Morgan fingerprint density at radius 1 is 1.47 bits per heavy atom. The minimum absolute atomic E-state index is 0.416. The molecule has 0 aromatic carbocycles. The highest BCUT2D eigenvalue weighted by Gasteiger charge is 2.23. The average Bonchev–Trinajstić information content (AvgIpc) is 2.35. The van der Waals surface area contributed by atoms with E-state index in [0.29, 0.717) is 12.3 Å². The first kappa shape index (κ1) is 13.7. The molecule has 1 aromatic heterocycles. The molecule has 3 nitrogen and oxygen atoms in total. The Labute approximate surface area is 103 Å². The molecule has 0 bridgehead atoms. The fourth-order valence-electron chi connectivity index (χ4n) is 2.19. The van der Waals surface area contributed by atoms with Crippen LogP contribution in [0.2, 0.25) is 0 Å². The highest BCUT2D eigenvalue weighted by Crippen LogP contribution is 2.27. The summed E-state index contributed by atoms with van der Waals surface area (Å²) in [5.41, 5.74) is 0.814. The number of rotatable bonds is 7. The largest absolute Gasteiger partial charge is 0.481 e. The number of pyridine rings is 1. The number of aliphatic carboxylic acids is 1. The van der Waals surface area contributed by atoms with Crippen LogP contribution in [0.4, 0.5) is 0 Å². The predicted molar refractivity (Wildman–Crippen MR) is 67.9 cm³/mol. The van der Waals surface area contributed by atoms with Crippen LogP contribution in [0.1, 0.15) is 51.0 Å². The van der Waals surface area contributed by atoms with Crippen molar-refractivity contribution in [3.63, 3.8) is 0 Å². The van der Waals surface area contributed by atoms with Crippen molar-refractivity contribution in [2.75, 3.05) is 0 Å². The molecular weight excluding hydrogens is 214 g/mol. The number of carbonyl (C=O) groups is 1. The molecule has 0 aliphatic carbocycles. The molecule has 17 heavy (non-hydrogen) atoms. The van der Waals surface area contributed by atoms with Gasteiger partial charge in [-0.05, 0) is 24.0 Å². The zero-order valence-electron chi connectivity index (χ0n) is 10.6. The van der Waals surface area contributed by atoms with Gasteiger partial charge in [0, 0.05) is 12.4 Å². The second-order valence-corrected chi connectivity index (χ2v) is 4.48. The maximum atomic E-state index is 11.3. The van der Waals surface area contributed by atoms with Crippen molar-refractivity contribution >= 4 is 5.97 Å². The highest BCUT2D eigenvalue weighted by atomic mass is 16.4. The third-order valence-corrected chi connectivity index (χ3v) is 3.23. The van der Waals surface area contributed by atoms with Gasteiger partial charge in [0.15, 0.2) is 0 Å². The van der Waals surface area contributed by atoms with Gasteiger partial charge in [0.25, 0.3) is 0 Å². The first-order valence-electron chi connectivity index (χ1n) is 6.31. The number of hydrogen-bond acceptors (Lipinski definition) is 2. The van der Waals surface area contributed by atoms with E-state index in [-0.39, 0.29) is 0 Å². The number of nitrogens with zero attached hydrogens (tertiary/aromatic N) is 1. The Bertz CT molecular complexity index is 337. The molecule has 94 valence electrons. The quantitative estimate of drug-likeness (QED) is 0.787. The third-order valence-electron chi connectivity index (χ3n) is 3.23. The van der Waals surface area contributed by atoms with Crippen molar-refractivity contribution in [1.29, 1.82) is 0 Å². The first-order chi connectivity index (χ1) is 8.19. The van der Waals surface area contributed by atoms with Crippen LogP contribution in [0, 0.1) is 5.92 Å². The van der Waals surface area contributed by atoms with Gasteiger partial charge in [-0.1, -0.05) is 39.2 Å². The van der Waals surface area contributed by atoms with E-state index in [9.17, 15) is 9.90 Å². The standard InChI is InChI=1S/C14H21NO2/c1-3-6-11(4-2)9-13(14(16)17)12-7-5-8-15-10-12/h5,7-8,10-11,13H,3-4,6,9H2,1-2H3,(H,16,17). The SMILES string of the molecule is CCCC(CC)CC(C(=O)O)c1cccnc1. The molecule has 0 spiro atoms. The summed E-state index contributed by atoms with van der Waals surface area (Å²) in [7, 11) is 0. The van der Waals surface area contributed by atoms with Crippen LogP contribution in [0.25, 0.3) is 0 Å². The van der Waals surface area contributed by atoms with Crippen molar-refractivity contribution in [3.8, 4) is 0 Å². The van der Waals surface area contributed by atoms with Crippen LogP contribution in [-0.4, -0.2) is 16.1 Å². The average molecular weight is 235 g/mol. The normalized spacial score (nSPS) is 14.2. The maximum Gasteiger partial charge on any atom is 0.311 e. The van der Waals surface area contributed by atoms with Gasteiger partial charge in [0.2, 0.25) is 0 Å². The lowest BCUT2D eigenvalue weighted by molar-refractivity contribution is -0.139. The number of carboxylic acid groups (broad SMARTS) is 1. The van der Waals surface area contributed by atoms with Crippen molar-refractivity contribution < 1.29 is 9.90 Å². The second kappa shape index (κ2) is 7.05. The molecular formula is C14H21NO2. The summed E-state index contributed by atoms with van der Waals surface area (Å²) in [5, 5.41) is 9.31. The van der Waals surface area contributed by atoms with Crippen LogP contribution in [-0.2, 0) is 4.79 Å². The summed E-state index contributed by atoms with van der Waals surface area (Å²) in [4.78, 5) is 15.3. The van der Waals surface area contributed by atoms with Crippen molar-refractivity contribution in [1.82, 2.24) is 4.98 Å². The summed E-state index contributed by atoms with van der Waals surface area (Å²) in [5.74, 6) is -0.672. The van der Waals surface area contributed by atoms with Crippen LogP contribution in [0.15, 0.2) is 24.5 Å². The molecule has 3 heteroatoms. The zero-order chi connectivity index (χ0) is 12.7. The third kappa shape index (κ3) is 4.17. The molecule has 0 amide bonds. The lowest BCUT2D eigenvalue weighted by atomic mass is 9.86. The van der Waals surface area contributed by atoms with E-state index in [4.69, 9.17) is 0 Å². The molecule has 0 fully saturated rings. The van der Waals surface area contributed by atoms with Crippen molar-refractivity contribution in [2.45, 2.75) is 45.4 Å². The van der Waals surface area contributed by atoms with Crippen molar-refractivity contribution in [3.05, 3.63) is 30.1 Å². The molecule has 0 aliphatic heterocycles. The molecule has 0 aliphatic rings. The Balaban J connectivity index is 2.77. The Morgan fingerprint density at radius 3 is 2.71 bits per heavy atom. The fraction of sp³-hybridized carbons (Fsp3) is 0.571. The van der Waals surface area contributed by atoms with E-state index in [1.807, 2.05) is 6.07 Å². The molecule has 1 aromatic rings. The summed E-state index contributed by atoms with van der Waals surface area (Å²) in [6, 6.07) is 3.65. The summed E-state index contributed by atoms with van der Waals surface area (Å²) < 4.78 is 0. The van der Waals surface area contributed by atoms with Crippen LogP contribution >= 0.6 is 0 Å². The maximum absolute atomic E-state index is 11.3. The summed E-state index contributed by atoms with van der Waals surface area (Å²) in [6.45, 7) is 4.27. The Hall–Kier alpha value is -1.38. The first-order valence-corrected chi connectivity index (χ1v) is 6.31. The summed E-state index contributed by atoms with van der Waals surface area (Å²) in [6.07, 6.45) is 7.30. The molecule has 0 radical (unpaired) electrons. The smallest absolute Gasteiger partial charge is 0.311 e. The number of carboxylic acids is 1. The highest BCUT2D eigenvalue weighted by molar-refractivity contribution is 5.75. The molecule has 1 N–H and O–H groups in total. The lowest BCUT2D eigenvalue weighted by Gasteiger charge is -2.19. The lowest BCUT2D eigenvalue weighted by Crippen LogP contribution is -2.16. The van der Waals surface area contributed by atoms with Crippen LogP contribution < -0.4 is 0 Å². The topological polar surface area (TPSA) is 50.2 Å². The predicted octanol–water partition coefficient (Wildman–Crippen LogP) is 3.47. The van der Waals surface area contributed by atoms with Gasteiger partial charge in [-0.25, -0.2) is 0 Å². The molecule has 1 rings (SSSR count). The van der Waals surface area contributed by atoms with Gasteiger partial charge in [-0.15, -0.1) is 0 Å². The zero-order valence-corrected chi connectivity index (χ0v) is 10.6. The Morgan fingerprint density at radius 2 is 2.24 bits per heavy atom. The van der Waals surface area contributed by atoms with Crippen LogP contribution in [0.3, 0.4) is 0 Å². The van der Waals surface area contributed by atoms with E-state index in [1.54, 1.807) is 18.5 Å². The fourth-order valence-corrected chi connectivity index (χ4v) is 2.19. The monoisotopic (exact) mass is 235 g/mol. The van der Waals surface area contributed by atoms with E-state index in [0.717, 1.165) is 24.8 Å².